The third-order valence-electron chi connectivity index (χ3n) is 3.00. The molecule has 2 aromatic heterocycles. The molecule has 0 radical (unpaired) electrons. The Morgan fingerprint density at radius 2 is 2.11 bits per heavy atom. The predicted octanol–water partition coefficient (Wildman–Crippen LogP) is 4.16. The third-order valence-corrected chi connectivity index (χ3v) is 5.30. The number of thioether (sulfide) groups is 1. The molecule has 0 aromatic carbocycles. The molecule has 0 amide bonds. The van der Waals surface area contributed by atoms with Crippen molar-refractivity contribution in [3.63, 3.8) is 0 Å². The van der Waals surface area contributed by atoms with E-state index in [0.717, 1.165) is 17.5 Å². The summed E-state index contributed by atoms with van der Waals surface area (Å²) in [5.41, 5.74) is 0. The molecule has 0 bridgehead atoms. The Kier molecular flexibility index (Phi) is 4.45. The highest BCUT2D eigenvalue weighted by molar-refractivity contribution is 7.99. The zero-order valence-corrected chi connectivity index (χ0v) is 12.9. The average Bonchev–Trinajstić information content (AvgIpc) is 2.96. The fourth-order valence-corrected chi connectivity index (χ4v) is 3.30. The van der Waals surface area contributed by atoms with Gasteiger partial charge in [-0.15, -0.1) is 21.5 Å². The molecule has 0 aliphatic carbocycles. The van der Waals surface area contributed by atoms with Gasteiger partial charge in [-0.25, -0.2) is 0 Å². The second-order valence-corrected chi connectivity index (χ2v) is 6.89. The monoisotopic (exact) mass is 281 g/mol. The summed E-state index contributed by atoms with van der Waals surface area (Å²) in [4.78, 5) is 1.19. The fraction of sp³-hybridized carbons (Fsp3) is 0.538. The van der Waals surface area contributed by atoms with Crippen LogP contribution in [0.25, 0.3) is 10.7 Å². The van der Waals surface area contributed by atoms with Crippen molar-refractivity contribution >= 4 is 23.1 Å². The SMILES string of the molecule is CCn1c(SC(C)C(C)C)nnc1-c1cccs1. The minimum absolute atomic E-state index is 0.552. The predicted molar refractivity (Wildman–Crippen MR) is 79.2 cm³/mol. The van der Waals surface area contributed by atoms with Gasteiger partial charge in [0.05, 0.1) is 4.88 Å². The summed E-state index contributed by atoms with van der Waals surface area (Å²) in [6.07, 6.45) is 0. The van der Waals surface area contributed by atoms with Crippen LogP contribution in [-0.2, 0) is 6.54 Å². The molecule has 0 spiro atoms. The van der Waals surface area contributed by atoms with Gasteiger partial charge in [0.2, 0.25) is 0 Å². The Labute approximate surface area is 117 Å². The van der Waals surface area contributed by atoms with Gasteiger partial charge in [0.1, 0.15) is 0 Å². The van der Waals surface area contributed by atoms with Crippen molar-refractivity contribution in [2.75, 3.05) is 0 Å². The zero-order valence-electron chi connectivity index (χ0n) is 11.3. The van der Waals surface area contributed by atoms with Crippen molar-refractivity contribution in [3.8, 4) is 10.7 Å². The Hall–Kier alpha value is -0.810. The van der Waals surface area contributed by atoms with Crippen LogP contribution in [0.3, 0.4) is 0 Å². The maximum atomic E-state index is 4.35. The maximum Gasteiger partial charge on any atom is 0.191 e. The van der Waals surface area contributed by atoms with E-state index in [1.807, 2.05) is 11.8 Å². The minimum atomic E-state index is 0.552. The first-order valence-electron chi connectivity index (χ1n) is 6.27. The second kappa shape index (κ2) is 5.89. The molecular weight excluding hydrogens is 262 g/mol. The summed E-state index contributed by atoms with van der Waals surface area (Å²) in [5, 5.41) is 12.4. The molecule has 98 valence electrons. The van der Waals surface area contributed by atoms with Crippen LogP contribution >= 0.6 is 23.1 Å². The van der Waals surface area contributed by atoms with E-state index in [4.69, 9.17) is 0 Å². The van der Waals surface area contributed by atoms with E-state index < -0.39 is 0 Å². The number of hydrogen-bond donors (Lipinski definition) is 0. The number of hydrogen-bond acceptors (Lipinski definition) is 4. The molecule has 3 nitrogen and oxygen atoms in total. The normalized spacial score (nSPS) is 13.2. The van der Waals surface area contributed by atoms with Crippen molar-refractivity contribution in [3.05, 3.63) is 17.5 Å². The van der Waals surface area contributed by atoms with Crippen LogP contribution in [0, 0.1) is 5.92 Å². The number of rotatable bonds is 5. The van der Waals surface area contributed by atoms with E-state index in [2.05, 4.69) is 60.0 Å². The van der Waals surface area contributed by atoms with E-state index in [1.54, 1.807) is 11.3 Å². The van der Waals surface area contributed by atoms with Crippen LogP contribution in [0.15, 0.2) is 22.7 Å². The lowest BCUT2D eigenvalue weighted by atomic mass is 10.2. The number of nitrogens with zero attached hydrogens (tertiary/aromatic N) is 3. The van der Waals surface area contributed by atoms with Gasteiger partial charge in [-0.1, -0.05) is 38.6 Å². The molecule has 5 heteroatoms. The van der Waals surface area contributed by atoms with Gasteiger partial charge in [-0.3, -0.25) is 0 Å². The Bertz CT molecular complexity index is 488. The minimum Gasteiger partial charge on any atom is -0.302 e. The Morgan fingerprint density at radius 3 is 2.67 bits per heavy atom. The van der Waals surface area contributed by atoms with Crippen LogP contribution in [0.1, 0.15) is 27.7 Å². The molecule has 0 saturated carbocycles. The lowest BCUT2D eigenvalue weighted by Gasteiger charge is -2.14. The summed E-state index contributed by atoms with van der Waals surface area (Å²) >= 11 is 3.53. The number of thiophene rings is 1. The van der Waals surface area contributed by atoms with Crippen LogP contribution in [0.2, 0.25) is 0 Å². The molecule has 0 aliphatic heterocycles. The molecule has 2 rings (SSSR count). The second-order valence-electron chi connectivity index (χ2n) is 4.59. The molecule has 2 aromatic rings. The van der Waals surface area contributed by atoms with E-state index >= 15 is 0 Å². The lowest BCUT2D eigenvalue weighted by Crippen LogP contribution is -2.08. The lowest BCUT2D eigenvalue weighted by molar-refractivity contribution is 0.631. The quantitative estimate of drug-likeness (QED) is 0.771. The molecular formula is C13H19N3S2. The average molecular weight is 281 g/mol. The fourth-order valence-electron chi connectivity index (χ4n) is 1.55. The Balaban J connectivity index is 2.28. The van der Waals surface area contributed by atoms with Crippen molar-refractivity contribution in [1.82, 2.24) is 14.8 Å². The molecule has 18 heavy (non-hydrogen) atoms. The molecule has 2 heterocycles. The molecule has 0 aliphatic rings. The summed E-state index contributed by atoms with van der Waals surface area (Å²) in [5.74, 6) is 1.63. The van der Waals surface area contributed by atoms with Crippen molar-refractivity contribution in [1.29, 1.82) is 0 Å². The standard InChI is InChI=1S/C13H19N3S2/c1-5-16-12(11-7-6-8-17-11)14-15-13(16)18-10(4)9(2)3/h6-10H,5H2,1-4H3. The molecule has 1 unspecified atom stereocenters. The van der Waals surface area contributed by atoms with Gasteiger partial charge in [0, 0.05) is 11.8 Å². The highest BCUT2D eigenvalue weighted by Gasteiger charge is 2.17. The Morgan fingerprint density at radius 1 is 1.33 bits per heavy atom. The highest BCUT2D eigenvalue weighted by Crippen LogP contribution is 2.30. The van der Waals surface area contributed by atoms with Gasteiger partial charge < -0.3 is 4.57 Å². The summed E-state index contributed by atoms with van der Waals surface area (Å²) < 4.78 is 2.20. The molecule has 0 fully saturated rings. The van der Waals surface area contributed by atoms with Gasteiger partial charge in [0.15, 0.2) is 11.0 Å². The van der Waals surface area contributed by atoms with Crippen LogP contribution < -0.4 is 0 Å². The summed E-state index contributed by atoms with van der Waals surface area (Å²) in [6, 6.07) is 4.15. The first-order valence-corrected chi connectivity index (χ1v) is 8.03. The molecule has 1 atom stereocenters. The van der Waals surface area contributed by atoms with E-state index in [1.165, 1.54) is 4.88 Å². The van der Waals surface area contributed by atoms with E-state index in [0.29, 0.717) is 11.2 Å². The van der Waals surface area contributed by atoms with Crippen molar-refractivity contribution in [2.24, 2.45) is 5.92 Å². The van der Waals surface area contributed by atoms with E-state index in [-0.39, 0.29) is 0 Å². The smallest absolute Gasteiger partial charge is 0.191 e. The zero-order chi connectivity index (χ0) is 13.1. The molecule has 0 N–H and O–H groups in total. The maximum absolute atomic E-state index is 4.35. The topological polar surface area (TPSA) is 30.7 Å². The first-order chi connectivity index (χ1) is 8.63. The van der Waals surface area contributed by atoms with Crippen molar-refractivity contribution in [2.45, 2.75) is 44.6 Å². The largest absolute Gasteiger partial charge is 0.302 e. The van der Waals surface area contributed by atoms with Gasteiger partial charge in [-0.05, 0) is 24.3 Å². The van der Waals surface area contributed by atoms with Gasteiger partial charge in [-0.2, -0.15) is 0 Å². The highest BCUT2D eigenvalue weighted by atomic mass is 32.2. The molecule has 0 saturated heterocycles. The first kappa shape index (κ1) is 13.6. The summed E-state index contributed by atoms with van der Waals surface area (Å²) in [6.45, 7) is 9.78. The van der Waals surface area contributed by atoms with E-state index in [9.17, 15) is 0 Å². The van der Waals surface area contributed by atoms with Gasteiger partial charge in [0.25, 0.3) is 0 Å². The van der Waals surface area contributed by atoms with Gasteiger partial charge >= 0.3 is 0 Å². The van der Waals surface area contributed by atoms with Crippen LogP contribution in [0.5, 0.6) is 0 Å². The van der Waals surface area contributed by atoms with Crippen LogP contribution in [0.4, 0.5) is 0 Å². The van der Waals surface area contributed by atoms with Crippen LogP contribution in [-0.4, -0.2) is 20.0 Å². The third kappa shape index (κ3) is 2.78. The van der Waals surface area contributed by atoms with Crippen molar-refractivity contribution < 1.29 is 0 Å². The number of aromatic nitrogens is 3. The summed E-state index contributed by atoms with van der Waals surface area (Å²) in [7, 11) is 0.